The number of ether oxygens (including phenoxy) is 4. The molecule has 0 aromatic rings. The molecule has 176 valence electrons. The van der Waals surface area contributed by atoms with E-state index in [2.05, 4.69) is 0 Å². The van der Waals surface area contributed by atoms with E-state index in [0.29, 0.717) is 13.0 Å². The van der Waals surface area contributed by atoms with Gasteiger partial charge in [0.15, 0.2) is 12.1 Å². The molecule has 0 spiro atoms. The van der Waals surface area contributed by atoms with Gasteiger partial charge in [0.2, 0.25) is 6.04 Å². The van der Waals surface area contributed by atoms with Crippen molar-refractivity contribution >= 4 is 17.7 Å². The van der Waals surface area contributed by atoms with E-state index in [9.17, 15) is 24.5 Å². The first kappa shape index (κ1) is 25.2. The smallest absolute Gasteiger partial charge is 0.319 e. The summed E-state index contributed by atoms with van der Waals surface area (Å²) in [4.78, 5) is 48.7. The molecule has 0 radical (unpaired) electrons. The predicted octanol–water partition coefficient (Wildman–Crippen LogP) is 2.44. The van der Waals surface area contributed by atoms with E-state index in [1.807, 2.05) is 6.92 Å². The van der Waals surface area contributed by atoms with Crippen LogP contribution in [0.1, 0.15) is 65.2 Å². The van der Waals surface area contributed by atoms with Crippen LogP contribution >= 0.6 is 0 Å². The summed E-state index contributed by atoms with van der Waals surface area (Å²) in [6.07, 6.45) is 2.17. The van der Waals surface area contributed by atoms with Gasteiger partial charge in [-0.15, -0.1) is 0 Å². The lowest BCUT2D eigenvalue weighted by Crippen LogP contribution is -2.39. The molecule has 0 N–H and O–H groups in total. The third kappa shape index (κ3) is 6.46. The predicted molar refractivity (Wildman–Crippen MR) is 108 cm³/mol. The third-order valence-electron chi connectivity index (χ3n) is 6.13. The van der Waals surface area contributed by atoms with E-state index in [-0.39, 0.29) is 38.3 Å². The second kappa shape index (κ2) is 11.5. The Balaban J connectivity index is 2.05. The Kier molecular flexibility index (Phi) is 9.36. The Labute approximate surface area is 182 Å². The number of hydrogen-bond donors (Lipinski definition) is 0. The Morgan fingerprint density at radius 1 is 1.32 bits per heavy atom. The van der Waals surface area contributed by atoms with E-state index < -0.39 is 46.4 Å². The first-order chi connectivity index (χ1) is 14.7. The molecule has 31 heavy (non-hydrogen) atoms. The zero-order valence-corrected chi connectivity index (χ0v) is 18.5. The van der Waals surface area contributed by atoms with Crippen LogP contribution in [0.25, 0.3) is 0 Å². The van der Waals surface area contributed by atoms with Crippen molar-refractivity contribution in [1.82, 2.24) is 0 Å². The number of carbonyl (C=O) groups is 3. The van der Waals surface area contributed by atoms with Crippen molar-refractivity contribution in [3.05, 3.63) is 10.1 Å². The van der Waals surface area contributed by atoms with Gasteiger partial charge in [0, 0.05) is 30.3 Å². The van der Waals surface area contributed by atoms with Crippen molar-refractivity contribution in [1.29, 1.82) is 0 Å². The molecule has 1 aliphatic carbocycles. The van der Waals surface area contributed by atoms with E-state index in [1.165, 1.54) is 0 Å². The number of carbonyl (C=O) groups excluding carboxylic acids is 3. The molecule has 1 heterocycles. The van der Waals surface area contributed by atoms with Crippen LogP contribution in [-0.2, 0) is 33.3 Å². The topological polar surface area (TPSA) is 131 Å². The highest BCUT2D eigenvalue weighted by Gasteiger charge is 2.58. The summed E-state index contributed by atoms with van der Waals surface area (Å²) in [6.45, 7) is 4.21. The van der Waals surface area contributed by atoms with Gasteiger partial charge in [0.1, 0.15) is 5.41 Å². The Hall–Kier alpha value is -2.07. The lowest BCUT2D eigenvalue weighted by molar-refractivity contribution is -0.533. The molecule has 2 rings (SSSR count). The van der Waals surface area contributed by atoms with Crippen LogP contribution in [0.5, 0.6) is 0 Å². The maximum atomic E-state index is 12.8. The quantitative estimate of drug-likeness (QED) is 0.204. The van der Waals surface area contributed by atoms with Crippen molar-refractivity contribution in [2.75, 3.05) is 20.3 Å². The molecular weight excluding hydrogens is 410 g/mol. The summed E-state index contributed by atoms with van der Waals surface area (Å²) in [5.41, 5.74) is -1.72. The Morgan fingerprint density at radius 3 is 2.65 bits per heavy atom. The minimum Gasteiger partial charge on any atom is -0.468 e. The Morgan fingerprint density at radius 2 is 2.06 bits per heavy atom. The molecule has 0 aromatic heterocycles. The first-order valence-corrected chi connectivity index (χ1v) is 10.9. The second-order valence-electron chi connectivity index (χ2n) is 8.32. The van der Waals surface area contributed by atoms with Crippen LogP contribution < -0.4 is 0 Å². The zero-order valence-electron chi connectivity index (χ0n) is 18.5. The SMILES string of the molecule is CCOC(=O)CC1(C(=O)OC)CC(C(CCC(C)OC2CCCCO2)[N+](=O)[O-])CC1=O. The molecule has 0 aromatic carbocycles. The summed E-state index contributed by atoms with van der Waals surface area (Å²) >= 11 is 0. The lowest BCUT2D eigenvalue weighted by Gasteiger charge is -2.27. The highest BCUT2D eigenvalue weighted by molar-refractivity contribution is 6.07. The van der Waals surface area contributed by atoms with Gasteiger partial charge in [0.05, 0.1) is 26.2 Å². The number of ketones is 1. The summed E-state index contributed by atoms with van der Waals surface area (Å²) in [7, 11) is 1.13. The standard InChI is InChI=1S/C21H33NO9/c1-4-29-18(24)13-21(20(25)28-3)12-15(11-17(21)23)16(22(26)27)9-8-14(2)31-19-7-5-6-10-30-19/h14-16,19H,4-13H2,1-3H3. The number of nitrogens with zero attached hydrogens (tertiary/aromatic N) is 1. The molecule has 10 heteroatoms. The highest BCUT2D eigenvalue weighted by Crippen LogP contribution is 2.45. The van der Waals surface area contributed by atoms with Gasteiger partial charge in [-0.1, -0.05) is 0 Å². The minimum atomic E-state index is -1.72. The molecule has 5 atom stereocenters. The molecule has 0 bridgehead atoms. The van der Waals surface area contributed by atoms with Gasteiger partial charge >= 0.3 is 11.9 Å². The van der Waals surface area contributed by atoms with Crippen molar-refractivity contribution in [3.8, 4) is 0 Å². The number of nitro groups is 1. The van der Waals surface area contributed by atoms with Gasteiger partial charge in [-0.05, 0) is 46.0 Å². The maximum absolute atomic E-state index is 12.8. The molecule has 5 unspecified atom stereocenters. The molecule has 10 nitrogen and oxygen atoms in total. The monoisotopic (exact) mass is 443 g/mol. The van der Waals surface area contributed by atoms with Crippen LogP contribution in [0.4, 0.5) is 0 Å². The number of hydrogen-bond acceptors (Lipinski definition) is 9. The molecular formula is C21H33NO9. The molecule has 1 saturated carbocycles. The third-order valence-corrected chi connectivity index (χ3v) is 6.13. The summed E-state index contributed by atoms with van der Waals surface area (Å²) < 4.78 is 21.1. The normalized spacial score (nSPS) is 28.0. The second-order valence-corrected chi connectivity index (χ2v) is 8.32. The van der Waals surface area contributed by atoms with Gasteiger partial charge in [-0.2, -0.15) is 0 Å². The average molecular weight is 443 g/mol. The van der Waals surface area contributed by atoms with Crippen molar-refractivity contribution in [2.45, 2.75) is 83.6 Å². The van der Waals surface area contributed by atoms with E-state index in [4.69, 9.17) is 18.9 Å². The highest BCUT2D eigenvalue weighted by atomic mass is 16.7. The number of methoxy groups -OCH3 is 1. The van der Waals surface area contributed by atoms with Crippen LogP contribution in [0.15, 0.2) is 0 Å². The average Bonchev–Trinajstić information content (AvgIpc) is 3.04. The maximum Gasteiger partial charge on any atom is 0.319 e. The lowest BCUT2D eigenvalue weighted by atomic mass is 9.80. The van der Waals surface area contributed by atoms with E-state index in [0.717, 1.165) is 26.4 Å². The molecule has 1 saturated heterocycles. The molecule has 0 amide bonds. The fourth-order valence-electron chi connectivity index (χ4n) is 4.50. The van der Waals surface area contributed by atoms with Crippen LogP contribution in [0.2, 0.25) is 0 Å². The number of rotatable bonds is 11. The van der Waals surface area contributed by atoms with Crippen molar-refractivity contribution in [2.24, 2.45) is 11.3 Å². The van der Waals surface area contributed by atoms with Gasteiger partial charge in [0.25, 0.3) is 0 Å². The fourth-order valence-corrected chi connectivity index (χ4v) is 4.50. The zero-order chi connectivity index (χ0) is 23.0. The van der Waals surface area contributed by atoms with Gasteiger partial charge in [-0.25, -0.2) is 0 Å². The minimum absolute atomic E-state index is 0.105. The van der Waals surface area contributed by atoms with Crippen LogP contribution in [0.3, 0.4) is 0 Å². The summed E-state index contributed by atoms with van der Waals surface area (Å²) in [5.74, 6) is -2.73. The van der Waals surface area contributed by atoms with Gasteiger partial charge in [-0.3, -0.25) is 24.5 Å². The van der Waals surface area contributed by atoms with E-state index >= 15 is 0 Å². The van der Waals surface area contributed by atoms with Crippen LogP contribution in [0, 0.1) is 21.4 Å². The van der Waals surface area contributed by atoms with Crippen molar-refractivity contribution < 1.29 is 38.3 Å². The molecule has 2 fully saturated rings. The Bertz CT molecular complexity index is 661. The molecule has 2 aliphatic rings. The first-order valence-electron chi connectivity index (χ1n) is 10.9. The van der Waals surface area contributed by atoms with Gasteiger partial charge < -0.3 is 18.9 Å². The fraction of sp³-hybridized carbons (Fsp3) is 0.857. The van der Waals surface area contributed by atoms with Crippen molar-refractivity contribution in [3.63, 3.8) is 0 Å². The number of esters is 2. The summed E-state index contributed by atoms with van der Waals surface area (Å²) in [6, 6.07) is -1.03. The number of Topliss-reactive ketones (excluding diaryl/α,β-unsaturated/α-hetero) is 1. The molecule has 1 aliphatic heterocycles. The van der Waals surface area contributed by atoms with E-state index in [1.54, 1.807) is 6.92 Å². The largest absolute Gasteiger partial charge is 0.468 e. The van der Waals surface area contributed by atoms with Crippen LogP contribution in [-0.4, -0.2) is 61.4 Å². The summed E-state index contributed by atoms with van der Waals surface area (Å²) in [5, 5.41) is 11.8.